The molecule has 0 radical (unpaired) electrons. The predicted octanol–water partition coefficient (Wildman–Crippen LogP) is 3.03. The molecule has 0 fully saturated rings. The van der Waals surface area contributed by atoms with E-state index in [0.717, 1.165) is 0 Å². The zero-order chi connectivity index (χ0) is 8.39. The highest BCUT2D eigenvalue weighted by molar-refractivity contribution is 5.35. The Labute approximate surface area is 73.3 Å². The highest BCUT2D eigenvalue weighted by atomic mass is 14.2. The van der Waals surface area contributed by atoms with Crippen molar-refractivity contribution in [2.75, 3.05) is 0 Å². The normalized spacial score (nSPS) is 21.3. The zero-order valence-corrected chi connectivity index (χ0v) is 6.98. The fourth-order valence-corrected chi connectivity index (χ4v) is 1.58. The van der Waals surface area contributed by atoms with Crippen molar-refractivity contribution in [3.05, 3.63) is 60.8 Å². The fraction of sp³-hybridized carbons (Fsp3) is 0.167. The van der Waals surface area contributed by atoms with Crippen LogP contribution >= 0.6 is 0 Å². The summed E-state index contributed by atoms with van der Waals surface area (Å²) in [5.74, 6) is 0.893. The van der Waals surface area contributed by atoms with E-state index in [1.54, 1.807) is 0 Å². The Morgan fingerprint density at radius 3 is 1.42 bits per heavy atom. The van der Waals surface area contributed by atoms with E-state index in [4.69, 9.17) is 0 Å². The molecular weight excluding hydrogens is 144 g/mol. The van der Waals surface area contributed by atoms with Crippen LogP contribution in [-0.2, 0) is 0 Å². The Morgan fingerprint density at radius 2 is 1.08 bits per heavy atom. The van der Waals surface area contributed by atoms with Crippen LogP contribution in [0.15, 0.2) is 60.8 Å². The summed E-state index contributed by atoms with van der Waals surface area (Å²) in [6.07, 6.45) is 17.1. The van der Waals surface area contributed by atoms with Crippen molar-refractivity contribution in [1.82, 2.24) is 0 Å². The standard InChI is InChI=1S/C12H12/c1-10(11-6-2-3-7-11)12-8-4-5-9-12/h2-9,11-12H,1H2. The summed E-state index contributed by atoms with van der Waals surface area (Å²) in [6.45, 7) is 4.11. The van der Waals surface area contributed by atoms with Crippen LogP contribution in [0.25, 0.3) is 0 Å². The molecule has 0 heterocycles. The first-order chi connectivity index (χ1) is 5.88. The second-order valence-corrected chi connectivity index (χ2v) is 3.17. The lowest BCUT2D eigenvalue weighted by Gasteiger charge is -2.13. The monoisotopic (exact) mass is 156 g/mol. The molecule has 0 saturated heterocycles. The van der Waals surface area contributed by atoms with Gasteiger partial charge in [0.1, 0.15) is 0 Å². The third-order valence-corrected chi connectivity index (χ3v) is 2.35. The average molecular weight is 156 g/mol. The Balaban J connectivity index is 2.09. The maximum Gasteiger partial charge on any atom is 0.0169 e. The highest BCUT2D eigenvalue weighted by Crippen LogP contribution is 2.27. The van der Waals surface area contributed by atoms with Crippen molar-refractivity contribution in [3.8, 4) is 0 Å². The number of allylic oxidation sites excluding steroid dienone is 9. The summed E-state index contributed by atoms with van der Waals surface area (Å²) >= 11 is 0. The van der Waals surface area contributed by atoms with Crippen LogP contribution in [0.5, 0.6) is 0 Å². The molecule has 0 bridgehead atoms. The molecule has 0 spiro atoms. The van der Waals surface area contributed by atoms with Gasteiger partial charge in [0.25, 0.3) is 0 Å². The zero-order valence-electron chi connectivity index (χ0n) is 6.98. The first kappa shape index (κ1) is 7.35. The van der Waals surface area contributed by atoms with E-state index in [9.17, 15) is 0 Å². The van der Waals surface area contributed by atoms with Crippen LogP contribution in [0.1, 0.15) is 0 Å². The van der Waals surface area contributed by atoms with Crippen molar-refractivity contribution >= 4 is 0 Å². The summed E-state index contributed by atoms with van der Waals surface area (Å²) in [7, 11) is 0. The first-order valence-electron chi connectivity index (χ1n) is 4.26. The molecule has 0 unspecified atom stereocenters. The summed E-state index contributed by atoms with van der Waals surface area (Å²) in [5.41, 5.74) is 1.27. The minimum absolute atomic E-state index is 0.447. The first-order valence-corrected chi connectivity index (χ1v) is 4.26. The van der Waals surface area contributed by atoms with Gasteiger partial charge in [-0.25, -0.2) is 0 Å². The number of rotatable bonds is 2. The summed E-state index contributed by atoms with van der Waals surface area (Å²) in [4.78, 5) is 0. The van der Waals surface area contributed by atoms with Gasteiger partial charge in [0.05, 0.1) is 0 Å². The average Bonchev–Trinajstić information content (AvgIpc) is 2.77. The highest BCUT2D eigenvalue weighted by Gasteiger charge is 2.15. The van der Waals surface area contributed by atoms with Crippen molar-refractivity contribution < 1.29 is 0 Å². The van der Waals surface area contributed by atoms with Crippen molar-refractivity contribution in [2.24, 2.45) is 11.8 Å². The Morgan fingerprint density at radius 1 is 0.750 bits per heavy atom. The van der Waals surface area contributed by atoms with E-state index < -0.39 is 0 Å². The SMILES string of the molecule is C=C(C1C=CC=C1)C1C=CC=C1. The Bertz CT molecular complexity index is 246. The lowest BCUT2D eigenvalue weighted by molar-refractivity contribution is 0.841. The molecule has 0 heteroatoms. The molecular formula is C12H12. The smallest absolute Gasteiger partial charge is 0.0169 e. The van der Waals surface area contributed by atoms with E-state index in [1.807, 2.05) is 0 Å². The quantitative estimate of drug-likeness (QED) is 0.539. The van der Waals surface area contributed by atoms with Gasteiger partial charge < -0.3 is 0 Å². The summed E-state index contributed by atoms with van der Waals surface area (Å²) < 4.78 is 0. The summed E-state index contributed by atoms with van der Waals surface area (Å²) in [6, 6.07) is 0. The molecule has 0 aromatic carbocycles. The van der Waals surface area contributed by atoms with Crippen LogP contribution < -0.4 is 0 Å². The Kier molecular flexibility index (Phi) is 1.83. The van der Waals surface area contributed by atoms with E-state index in [1.165, 1.54) is 5.57 Å². The van der Waals surface area contributed by atoms with Crippen LogP contribution in [0, 0.1) is 11.8 Å². The van der Waals surface area contributed by atoms with E-state index >= 15 is 0 Å². The molecule has 60 valence electrons. The van der Waals surface area contributed by atoms with E-state index in [-0.39, 0.29) is 0 Å². The van der Waals surface area contributed by atoms with Crippen molar-refractivity contribution in [3.63, 3.8) is 0 Å². The van der Waals surface area contributed by atoms with Gasteiger partial charge in [-0.2, -0.15) is 0 Å². The molecule has 2 aliphatic rings. The van der Waals surface area contributed by atoms with Gasteiger partial charge in [-0.15, -0.1) is 0 Å². The maximum atomic E-state index is 4.11. The van der Waals surface area contributed by atoms with Gasteiger partial charge in [-0.1, -0.05) is 60.8 Å². The minimum atomic E-state index is 0.447. The van der Waals surface area contributed by atoms with Gasteiger partial charge in [0.15, 0.2) is 0 Å². The molecule has 0 amide bonds. The second kappa shape index (κ2) is 2.98. The largest absolute Gasteiger partial charge is 0.0980 e. The molecule has 0 aromatic rings. The molecule has 0 nitrogen and oxygen atoms in total. The van der Waals surface area contributed by atoms with Gasteiger partial charge in [-0.3, -0.25) is 0 Å². The lowest BCUT2D eigenvalue weighted by Crippen LogP contribution is -2.02. The molecule has 0 atom stereocenters. The second-order valence-electron chi connectivity index (χ2n) is 3.17. The van der Waals surface area contributed by atoms with Crippen LogP contribution in [-0.4, -0.2) is 0 Å². The van der Waals surface area contributed by atoms with Gasteiger partial charge in [-0.05, 0) is 0 Å². The lowest BCUT2D eigenvalue weighted by atomic mass is 9.91. The maximum absolute atomic E-state index is 4.11. The van der Waals surface area contributed by atoms with Gasteiger partial charge in [0, 0.05) is 11.8 Å². The predicted molar refractivity (Wildman–Crippen MR) is 52.7 cm³/mol. The Hall–Kier alpha value is -1.30. The molecule has 0 saturated carbocycles. The van der Waals surface area contributed by atoms with Crippen LogP contribution in [0.3, 0.4) is 0 Å². The molecule has 12 heavy (non-hydrogen) atoms. The fourth-order valence-electron chi connectivity index (χ4n) is 1.58. The number of hydrogen-bond donors (Lipinski definition) is 0. The van der Waals surface area contributed by atoms with Gasteiger partial charge >= 0.3 is 0 Å². The minimum Gasteiger partial charge on any atom is -0.0980 e. The molecule has 0 aliphatic heterocycles. The van der Waals surface area contributed by atoms with Crippen LogP contribution in [0.2, 0.25) is 0 Å². The third-order valence-electron chi connectivity index (χ3n) is 2.35. The molecule has 2 rings (SSSR count). The van der Waals surface area contributed by atoms with Crippen LogP contribution in [0.4, 0.5) is 0 Å². The molecule has 0 N–H and O–H groups in total. The molecule has 2 aliphatic carbocycles. The van der Waals surface area contributed by atoms with E-state index in [2.05, 4.69) is 55.2 Å². The molecule has 0 aromatic heterocycles. The topological polar surface area (TPSA) is 0 Å². The van der Waals surface area contributed by atoms with Crippen molar-refractivity contribution in [2.45, 2.75) is 0 Å². The third kappa shape index (κ3) is 1.20. The number of hydrogen-bond acceptors (Lipinski definition) is 0. The van der Waals surface area contributed by atoms with Gasteiger partial charge in [0.2, 0.25) is 0 Å². The van der Waals surface area contributed by atoms with E-state index in [0.29, 0.717) is 11.8 Å². The van der Waals surface area contributed by atoms with Crippen molar-refractivity contribution in [1.29, 1.82) is 0 Å². The summed E-state index contributed by atoms with van der Waals surface area (Å²) in [5, 5.41) is 0.